The van der Waals surface area contributed by atoms with E-state index < -0.39 is 6.17 Å². The smallest absolute Gasteiger partial charge is 0.293 e. The highest BCUT2D eigenvalue weighted by Crippen LogP contribution is 2.43. The molecule has 0 N–H and O–H groups in total. The van der Waals surface area contributed by atoms with Crippen molar-refractivity contribution < 1.29 is 19.3 Å². The summed E-state index contributed by atoms with van der Waals surface area (Å²) in [6, 6.07) is 19.1. The summed E-state index contributed by atoms with van der Waals surface area (Å²) in [6.07, 6.45) is -0.657. The van der Waals surface area contributed by atoms with Gasteiger partial charge in [-0.2, -0.15) is 0 Å². The molecule has 1 aromatic heterocycles. The summed E-state index contributed by atoms with van der Waals surface area (Å²) in [4.78, 5) is 19.0. The molecule has 1 unspecified atom stereocenters. The van der Waals surface area contributed by atoms with Gasteiger partial charge < -0.3 is 9.84 Å². The molecule has 33 heavy (non-hydrogen) atoms. The van der Waals surface area contributed by atoms with E-state index in [1.807, 2.05) is 67.6 Å². The number of rotatable bonds is 4. The summed E-state index contributed by atoms with van der Waals surface area (Å²) in [6.45, 7) is 3.51. The fourth-order valence-electron chi connectivity index (χ4n) is 4.44. The Hall–Kier alpha value is -3.65. The Morgan fingerprint density at radius 1 is 1.12 bits per heavy atom. The Balaban J connectivity index is 1.88. The number of methoxy groups -OCH3 is 1. The van der Waals surface area contributed by atoms with Gasteiger partial charge in [-0.15, -0.1) is 0 Å². The summed E-state index contributed by atoms with van der Waals surface area (Å²) in [5, 5.41) is 20.2. The summed E-state index contributed by atoms with van der Waals surface area (Å²) in [5.74, 6) is 0.947. The van der Waals surface area contributed by atoms with E-state index in [0.29, 0.717) is 22.1 Å². The van der Waals surface area contributed by atoms with E-state index in [4.69, 9.17) is 9.84 Å². The number of carbonyl (C=O) groups is 1. The van der Waals surface area contributed by atoms with Crippen LogP contribution in [0.3, 0.4) is 0 Å². The molecule has 0 bridgehead atoms. The maximum atomic E-state index is 13.2. The number of hydrogen-bond donors (Lipinski definition) is 0. The number of amides is 1. The van der Waals surface area contributed by atoms with Gasteiger partial charge in [0.05, 0.1) is 29.8 Å². The van der Waals surface area contributed by atoms with E-state index in [1.165, 1.54) is 18.7 Å². The topological polar surface area (TPSA) is 82.3 Å². The van der Waals surface area contributed by atoms with Crippen LogP contribution in [0.15, 0.2) is 65.8 Å². The van der Waals surface area contributed by atoms with Crippen molar-refractivity contribution in [2.24, 2.45) is 0 Å². The molecule has 0 spiro atoms. The van der Waals surface area contributed by atoms with E-state index in [9.17, 15) is 9.90 Å². The first-order valence-corrected chi connectivity index (χ1v) is 11.6. The molecule has 2 heterocycles. The minimum atomic E-state index is -0.657. The van der Waals surface area contributed by atoms with Crippen molar-refractivity contribution in [3.8, 4) is 22.9 Å². The molecule has 4 aromatic rings. The zero-order chi connectivity index (χ0) is 23.1. The number of aromatic nitrogens is 3. The third-order valence-electron chi connectivity index (χ3n) is 5.75. The average molecular weight is 459 g/mol. The second-order valence-corrected chi connectivity index (χ2v) is 8.84. The van der Waals surface area contributed by atoms with Gasteiger partial charge >= 0.3 is 0 Å². The van der Waals surface area contributed by atoms with E-state index >= 15 is 0 Å². The lowest BCUT2D eigenvalue weighted by molar-refractivity contribution is -0.764. The van der Waals surface area contributed by atoms with Gasteiger partial charge in [0.2, 0.25) is 5.91 Å². The van der Waals surface area contributed by atoms with E-state index in [1.54, 1.807) is 16.7 Å². The Labute approximate surface area is 195 Å². The van der Waals surface area contributed by atoms with Crippen molar-refractivity contribution in [2.45, 2.75) is 25.2 Å². The van der Waals surface area contributed by atoms with Crippen LogP contribution in [0.4, 0.5) is 5.69 Å². The first-order valence-electron chi connectivity index (χ1n) is 10.6. The van der Waals surface area contributed by atoms with Gasteiger partial charge in [-0.05, 0) is 35.4 Å². The molecule has 1 aliphatic rings. The summed E-state index contributed by atoms with van der Waals surface area (Å²) in [5.41, 5.74) is 2.51. The van der Waals surface area contributed by atoms with Gasteiger partial charge in [-0.25, -0.2) is 9.88 Å². The Morgan fingerprint density at radius 3 is 2.58 bits per heavy atom. The average Bonchev–Trinajstić information content (AvgIpc) is 2.82. The lowest BCUT2D eigenvalue weighted by Crippen LogP contribution is -2.58. The molecule has 3 aromatic carbocycles. The van der Waals surface area contributed by atoms with Crippen LogP contribution < -0.4 is 19.4 Å². The minimum Gasteiger partial charge on any atom is -0.854 e. The van der Waals surface area contributed by atoms with Gasteiger partial charge in [0, 0.05) is 17.4 Å². The molecule has 0 aliphatic carbocycles. The number of nitrogens with zero attached hydrogens (tertiary/aromatic N) is 4. The van der Waals surface area contributed by atoms with Crippen LogP contribution in [0.5, 0.6) is 11.6 Å². The van der Waals surface area contributed by atoms with Gasteiger partial charge in [0.1, 0.15) is 5.75 Å². The summed E-state index contributed by atoms with van der Waals surface area (Å²) < 4.78 is 7.23. The van der Waals surface area contributed by atoms with Crippen molar-refractivity contribution in [3.63, 3.8) is 0 Å². The predicted molar refractivity (Wildman–Crippen MR) is 125 cm³/mol. The predicted octanol–water partition coefficient (Wildman–Crippen LogP) is 3.69. The Morgan fingerprint density at radius 2 is 1.85 bits per heavy atom. The van der Waals surface area contributed by atoms with Crippen molar-refractivity contribution in [3.05, 3.63) is 66.2 Å². The number of anilines is 1. The van der Waals surface area contributed by atoms with Crippen LogP contribution in [0.1, 0.15) is 25.6 Å². The molecule has 5 rings (SSSR count). The van der Waals surface area contributed by atoms with Crippen LogP contribution in [-0.2, 0) is 4.79 Å². The largest absolute Gasteiger partial charge is 0.854 e. The third-order valence-corrected chi connectivity index (χ3v) is 6.47. The number of benzene rings is 3. The maximum Gasteiger partial charge on any atom is 0.293 e. The Kier molecular flexibility index (Phi) is 5.38. The van der Waals surface area contributed by atoms with E-state index in [2.05, 4.69) is 4.98 Å². The summed E-state index contributed by atoms with van der Waals surface area (Å²) in [7, 11) is 1.63. The number of para-hydroxylation sites is 1. The van der Waals surface area contributed by atoms with Crippen LogP contribution in [0.2, 0.25) is 0 Å². The minimum absolute atomic E-state index is 0.152. The molecule has 0 saturated heterocycles. The zero-order valence-corrected chi connectivity index (χ0v) is 19.3. The van der Waals surface area contributed by atoms with Gasteiger partial charge in [0.15, 0.2) is 0 Å². The molecule has 1 aliphatic heterocycles. The molecule has 166 valence electrons. The SMILES string of the molecule is CCSc1nc([O-])c2[n+](n1)C(c1ccc(OC)c3ccccc13)N(C(C)=O)c1ccccc1-2. The second-order valence-electron chi connectivity index (χ2n) is 7.61. The van der Waals surface area contributed by atoms with Crippen LogP contribution >= 0.6 is 11.8 Å². The first-order chi connectivity index (χ1) is 16.0. The fourth-order valence-corrected chi connectivity index (χ4v) is 5.00. The number of thioether (sulfide) groups is 1. The van der Waals surface area contributed by atoms with E-state index in [-0.39, 0.29) is 11.8 Å². The van der Waals surface area contributed by atoms with Crippen LogP contribution in [0, 0.1) is 0 Å². The van der Waals surface area contributed by atoms with Gasteiger partial charge in [0.25, 0.3) is 17.0 Å². The molecule has 8 heteroatoms. The van der Waals surface area contributed by atoms with Crippen molar-refractivity contribution in [1.82, 2.24) is 10.1 Å². The highest BCUT2D eigenvalue weighted by atomic mass is 32.2. The number of fused-ring (bicyclic) bond motifs is 4. The molecule has 0 saturated carbocycles. The molecular weight excluding hydrogens is 436 g/mol. The number of hydrogen-bond acceptors (Lipinski definition) is 6. The quantitative estimate of drug-likeness (QED) is 0.343. The van der Waals surface area contributed by atoms with E-state index in [0.717, 1.165) is 27.8 Å². The molecular formula is C25H22N4O3S. The van der Waals surface area contributed by atoms with Crippen LogP contribution in [-0.4, -0.2) is 28.9 Å². The standard InChI is InChI=1S/C25H22N4O3S/c1-4-33-25-26-23(31)22-19-11-7-8-12-20(19)28(15(2)30)24(29(22)27-25)18-13-14-21(32-3)17-10-6-5-9-16(17)18/h5-14,24H,4H2,1-3H3. The third kappa shape index (κ3) is 3.38. The monoisotopic (exact) mass is 458 g/mol. The normalized spacial score (nSPS) is 14.6. The maximum absolute atomic E-state index is 13.2. The van der Waals surface area contributed by atoms with Crippen LogP contribution in [0.25, 0.3) is 22.0 Å². The first kappa shape index (κ1) is 21.2. The highest BCUT2D eigenvalue weighted by Gasteiger charge is 2.44. The Bertz CT molecular complexity index is 1390. The van der Waals surface area contributed by atoms with Crippen molar-refractivity contribution >= 4 is 34.1 Å². The summed E-state index contributed by atoms with van der Waals surface area (Å²) >= 11 is 1.39. The fraction of sp³-hybridized carbons (Fsp3) is 0.200. The van der Waals surface area contributed by atoms with Gasteiger partial charge in [-0.3, -0.25) is 4.79 Å². The molecule has 1 atom stereocenters. The number of ether oxygens (including phenoxy) is 1. The number of carbonyl (C=O) groups excluding carboxylic acids is 1. The highest BCUT2D eigenvalue weighted by molar-refractivity contribution is 7.99. The zero-order valence-electron chi connectivity index (χ0n) is 18.5. The lowest BCUT2D eigenvalue weighted by atomic mass is 9.97. The second kappa shape index (κ2) is 8.37. The molecule has 0 fully saturated rings. The molecule has 7 nitrogen and oxygen atoms in total. The van der Waals surface area contributed by atoms with Crippen molar-refractivity contribution in [2.75, 3.05) is 17.8 Å². The van der Waals surface area contributed by atoms with Gasteiger partial charge in [-0.1, -0.05) is 59.8 Å². The van der Waals surface area contributed by atoms with Crippen molar-refractivity contribution in [1.29, 1.82) is 0 Å². The molecule has 1 amide bonds. The molecule has 0 radical (unpaired) electrons. The lowest BCUT2D eigenvalue weighted by Gasteiger charge is -2.33.